The molecule has 1 aromatic rings. The van der Waals surface area contributed by atoms with Gasteiger partial charge in [-0.1, -0.05) is 32.6 Å². The van der Waals surface area contributed by atoms with E-state index >= 15 is 0 Å². The summed E-state index contributed by atoms with van der Waals surface area (Å²) in [7, 11) is 0. The Morgan fingerprint density at radius 3 is 2.61 bits per heavy atom. The second kappa shape index (κ2) is 10.7. The number of carbonyl (C=O) groups excluding carboxylic acids is 1. The summed E-state index contributed by atoms with van der Waals surface area (Å²) in [6, 6.07) is 6.53. The molecule has 2 aliphatic rings. The number of quaternary nitrogens is 2. The summed E-state index contributed by atoms with van der Waals surface area (Å²) in [6.45, 7) is 10.6. The highest BCUT2D eigenvalue weighted by molar-refractivity contribution is 5.77. The van der Waals surface area contributed by atoms with E-state index in [-0.39, 0.29) is 5.91 Å². The topological polar surface area (TPSA) is 56.4 Å². The number of benzene rings is 1. The van der Waals surface area contributed by atoms with Gasteiger partial charge in [-0.25, -0.2) is 0 Å². The number of unbranched alkanes of at least 4 members (excludes halogenated alkanes) is 3. The molecule has 0 unspecified atom stereocenters. The smallest absolute Gasteiger partial charge is 0.275 e. The molecule has 3 N–H and O–H groups in total. The summed E-state index contributed by atoms with van der Waals surface area (Å²) >= 11 is 0. The highest BCUT2D eigenvalue weighted by Gasteiger charge is 2.25. The van der Waals surface area contributed by atoms with Crippen LogP contribution in [0.1, 0.15) is 51.5 Å². The number of rotatable bonds is 10. The molecule has 1 aromatic carbocycles. The second-order valence-corrected chi connectivity index (χ2v) is 8.36. The number of fused-ring (bicyclic) bond motifs is 1. The highest BCUT2D eigenvalue weighted by atomic mass is 16.7. The van der Waals surface area contributed by atoms with Gasteiger partial charge in [-0.2, -0.15) is 0 Å². The van der Waals surface area contributed by atoms with Crippen molar-refractivity contribution >= 4 is 5.91 Å². The van der Waals surface area contributed by atoms with E-state index in [4.69, 9.17) is 9.47 Å². The number of amides is 1. The highest BCUT2D eigenvalue weighted by Crippen LogP contribution is 2.32. The summed E-state index contributed by atoms with van der Waals surface area (Å²) in [5.74, 6) is 1.91. The van der Waals surface area contributed by atoms with Crippen molar-refractivity contribution in [3.63, 3.8) is 0 Å². The third kappa shape index (κ3) is 6.38. The molecule has 6 heteroatoms. The van der Waals surface area contributed by atoms with Crippen molar-refractivity contribution in [2.45, 2.75) is 58.5 Å². The molecule has 1 fully saturated rings. The Hall–Kier alpha value is -1.79. The minimum absolute atomic E-state index is 0.206. The molecule has 0 aliphatic carbocycles. The lowest BCUT2D eigenvalue weighted by Crippen LogP contribution is -3.28. The normalized spacial score (nSPS) is 22.1. The maximum absolute atomic E-state index is 12.3. The number of nitrogens with one attached hydrogen (secondary N) is 3. The van der Waals surface area contributed by atoms with E-state index in [0.29, 0.717) is 19.4 Å². The van der Waals surface area contributed by atoms with Gasteiger partial charge in [-0.3, -0.25) is 4.79 Å². The first-order valence-corrected chi connectivity index (χ1v) is 11.0. The van der Waals surface area contributed by atoms with Crippen molar-refractivity contribution in [3.8, 4) is 11.5 Å². The second-order valence-electron chi connectivity index (χ2n) is 8.36. The maximum Gasteiger partial charge on any atom is 0.275 e. The van der Waals surface area contributed by atoms with Crippen LogP contribution in [0.2, 0.25) is 0 Å². The lowest BCUT2D eigenvalue weighted by molar-refractivity contribution is -1.02. The molecule has 1 atom stereocenters. The van der Waals surface area contributed by atoms with Crippen molar-refractivity contribution in [1.82, 2.24) is 5.32 Å². The summed E-state index contributed by atoms with van der Waals surface area (Å²) in [6.07, 6.45) is 6.13. The van der Waals surface area contributed by atoms with Gasteiger partial charge >= 0.3 is 0 Å². The summed E-state index contributed by atoms with van der Waals surface area (Å²) < 4.78 is 10.9. The first kappa shape index (κ1) is 20.9. The van der Waals surface area contributed by atoms with E-state index in [2.05, 4.69) is 31.3 Å². The van der Waals surface area contributed by atoms with Crippen molar-refractivity contribution in [3.05, 3.63) is 23.8 Å². The van der Waals surface area contributed by atoms with E-state index in [1.54, 1.807) is 4.90 Å². The summed E-state index contributed by atoms with van der Waals surface area (Å²) in [4.78, 5) is 15.3. The van der Waals surface area contributed by atoms with Crippen LogP contribution in [0.5, 0.6) is 11.5 Å². The Labute approximate surface area is 169 Å². The van der Waals surface area contributed by atoms with Crippen LogP contribution in [-0.4, -0.2) is 51.5 Å². The van der Waals surface area contributed by atoms with Gasteiger partial charge in [0.1, 0.15) is 32.7 Å². The maximum atomic E-state index is 12.3. The summed E-state index contributed by atoms with van der Waals surface area (Å²) in [5.41, 5.74) is 1.29. The number of carbonyl (C=O) groups is 1. The predicted molar refractivity (Wildman–Crippen MR) is 109 cm³/mol. The van der Waals surface area contributed by atoms with Gasteiger partial charge in [0.2, 0.25) is 6.79 Å². The van der Waals surface area contributed by atoms with Crippen LogP contribution in [0.4, 0.5) is 0 Å². The molecule has 0 radical (unpaired) electrons. The van der Waals surface area contributed by atoms with E-state index in [1.165, 1.54) is 36.1 Å². The van der Waals surface area contributed by atoms with E-state index in [0.717, 1.165) is 50.6 Å². The quantitative estimate of drug-likeness (QED) is 0.499. The Morgan fingerprint density at radius 2 is 1.82 bits per heavy atom. The number of hydrogen-bond acceptors (Lipinski definition) is 3. The predicted octanol–water partition coefficient (Wildman–Crippen LogP) is 0.174. The van der Waals surface area contributed by atoms with Crippen LogP contribution in [0, 0.1) is 0 Å². The Kier molecular flexibility index (Phi) is 7.98. The third-order valence-corrected chi connectivity index (χ3v) is 5.86. The van der Waals surface area contributed by atoms with Crippen LogP contribution < -0.4 is 24.6 Å². The Bertz CT molecular complexity index is 629. The first-order chi connectivity index (χ1) is 13.6. The van der Waals surface area contributed by atoms with E-state index in [1.807, 2.05) is 6.07 Å². The minimum Gasteiger partial charge on any atom is -0.454 e. The lowest BCUT2D eigenvalue weighted by atomic mass is 10.1. The average Bonchev–Trinajstić information content (AvgIpc) is 3.14. The van der Waals surface area contributed by atoms with Gasteiger partial charge in [-0.15, -0.1) is 0 Å². The van der Waals surface area contributed by atoms with Crippen molar-refractivity contribution < 1.29 is 24.1 Å². The van der Waals surface area contributed by atoms with E-state index < -0.39 is 0 Å². The largest absolute Gasteiger partial charge is 0.454 e. The Balaban J connectivity index is 1.33. The van der Waals surface area contributed by atoms with Gasteiger partial charge in [0.05, 0.1) is 0 Å². The molecular formula is C22H37N3O3+2. The molecule has 6 nitrogen and oxygen atoms in total. The zero-order valence-corrected chi connectivity index (χ0v) is 17.5. The molecule has 28 heavy (non-hydrogen) atoms. The average molecular weight is 392 g/mol. The lowest BCUT2D eigenvalue weighted by Gasteiger charge is -2.29. The molecule has 3 rings (SSSR count). The number of ether oxygens (including phenoxy) is 2. The fourth-order valence-corrected chi connectivity index (χ4v) is 4.15. The molecular weight excluding hydrogens is 354 g/mol. The van der Waals surface area contributed by atoms with Crippen molar-refractivity contribution in [2.75, 3.05) is 39.5 Å². The molecule has 1 amide bonds. The number of hydrogen-bond donors (Lipinski definition) is 3. The zero-order chi connectivity index (χ0) is 19.8. The SMILES string of the molecule is CCCCCC[C@H](C)NC(=O)C[NH+]1CC[NH+](Cc2ccc3c(c2)OCO3)CC1. The van der Waals surface area contributed by atoms with Gasteiger partial charge in [0, 0.05) is 11.6 Å². The van der Waals surface area contributed by atoms with E-state index in [9.17, 15) is 4.79 Å². The van der Waals surface area contributed by atoms with Crippen LogP contribution in [0.15, 0.2) is 18.2 Å². The minimum atomic E-state index is 0.206. The molecule has 0 bridgehead atoms. The van der Waals surface area contributed by atoms with Crippen LogP contribution in [0.25, 0.3) is 0 Å². The first-order valence-electron chi connectivity index (χ1n) is 11.0. The third-order valence-electron chi connectivity index (χ3n) is 5.86. The molecule has 2 heterocycles. The fourth-order valence-electron chi connectivity index (χ4n) is 4.15. The zero-order valence-electron chi connectivity index (χ0n) is 17.5. The van der Waals surface area contributed by atoms with Gasteiger partial charge in [0.25, 0.3) is 5.91 Å². The van der Waals surface area contributed by atoms with Gasteiger partial charge in [0.15, 0.2) is 18.0 Å². The van der Waals surface area contributed by atoms with Crippen LogP contribution in [0.3, 0.4) is 0 Å². The standard InChI is InChI=1S/C22H35N3O3/c1-3-4-5-6-7-18(2)23-22(26)16-25-12-10-24(11-13-25)15-19-8-9-20-21(14-19)28-17-27-20/h8-9,14,18H,3-7,10-13,15-17H2,1-2H3,(H,23,26)/p+2/t18-/m0/s1. The molecule has 156 valence electrons. The van der Waals surface area contributed by atoms with Crippen molar-refractivity contribution in [1.29, 1.82) is 0 Å². The van der Waals surface area contributed by atoms with Gasteiger partial charge < -0.3 is 24.6 Å². The molecule has 2 aliphatic heterocycles. The molecule has 0 saturated carbocycles. The molecule has 0 aromatic heterocycles. The van der Waals surface area contributed by atoms with Crippen LogP contribution >= 0.6 is 0 Å². The Morgan fingerprint density at radius 1 is 1.07 bits per heavy atom. The van der Waals surface area contributed by atoms with Crippen LogP contribution in [-0.2, 0) is 11.3 Å². The van der Waals surface area contributed by atoms with Gasteiger partial charge in [-0.05, 0) is 31.5 Å². The number of piperazine rings is 1. The molecule has 0 spiro atoms. The monoisotopic (exact) mass is 391 g/mol. The van der Waals surface area contributed by atoms with Crippen molar-refractivity contribution in [2.24, 2.45) is 0 Å². The fraction of sp³-hybridized carbons (Fsp3) is 0.682. The molecule has 1 saturated heterocycles. The summed E-state index contributed by atoms with van der Waals surface area (Å²) in [5, 5.41) is 3.19.